The molecule has 18 nitrogen and oxygen atoms in total. The van der Waals surface area contributed by atoms with Crippen molar-refractivity contribution in [1.82, 2.24) is 30.8 Å². The quantitative estimate of drug-likeness (QED) is 0.0432. The molecule has 71 heavy (non-hydrogen) atoms. The van der Waals surface area contributed by atoms with Crippen LogP contribution in [-0.4, -0.2) is 129 Å². The number of hydrogen-bond donors (Lipinski definition) is 5. The van der Waals surface area contributed by atoms with Crippen LogP contribution in [-0.2, 0) is 46.4 Å². The fraction of sp³-hybridized carbons (Fsp3) is 0.320. The van der Waals surface area contributed by atoms with E-state index in [0.29, 0.717) is 115 Å². The van der Waals surface area contributed by atoms with Crippen LogP contribution in [0.1, 0.15) is 55.8 Å². The summed E-state index contributed by atoms with van der Waals surface area (Å²) >= 11 is 6.34. The zero-order chi connectivity index (χ0) is 49.7. The van der Waals surface area contributed by atoms with Crippen molar-refractivity contribution in [2.24, 2.45) is 4.99 Å². The number of nitrogens with one attached hydrogen (secondary N) is 5. The Bertz CT molecular complexity index is 2800. The zero-order valence-corrected chi connectivity index (χ0v) is 39.1. The molecule has 3 aliphatic heterocycles. The molecule has 5 aromatic rings. The number of imide groups is 1. The molecule has 1 atom stereocenters. The van der Waals surface area contributed by atoms with E-state index < -0.39 is 23.6 Å². The van der Waals surface area contributed by atoms with Gasteiger partial charge < -0.3 is 45.1 Å². The van der Waals surface area contributed by atoms with Crippen molar-refractivity contribution in [2.45, 2.75) is 32.0 Å². The van der Waals surface area contributed by atoms with Gasteiger partial charge in [0.05, 0.1) is 69.8 Å². The standard InChI is InChI=1S/C50H50ClF2N9O9/c51-32-9-12-34-36(25-32)46(44-38(52)4-2-5-39(44)53)56-26-31-27-57-50(61-45(31)34)58-33-10-7-30(8-11-33)47(65)55-17-20-69-22-24-70-23-21-68-18-15-54-16-19-71-29-43(64)59-40-6-1-3-35-37(40)28-62(49(35)67)41-13-14-42(63)60-48(41)66/h1-12,25,27,41,54H,13-24,26,28-29H2,(H,55,65)(H,59,64)(H,57,58,61)(H,60,63,66). The predicted octanol–water partition coefficient (Wildman–Crippen LogP) is 4.96. The average Bonchev–Trinajstić information content (AvgIpc) is 3.61. The van der Waals surface area contributed by atoms with Crippen LogP contribution < -0.4 is 26.6 Å². The van der Waals surface area contributed by atoms with Crippen molar-refractivity contribution in [3.05, 3.63) is 135 Å². The summed E-state index contributed by atoms with van der Waals surface area (Å²) in [4.78, 5) is 77.5. The van der Waals surface area contributed by atoms with Crippen molar-refractivity contribution in [3.63, 3.8) is 0 Å². The Morgan fingerprint density at radius 1 is 0.803 bits per heavy atom. The maximum atomic E-state index is 14.9. The molecule has 0 aliphatic carbocycles. The first-order valence-corrected chi connectivity index (χ1v) is 23.3. The van der Waals surface area contributed by atoms with Crippen LogP contribution in [0.2, 0.25) is 5.02 Å². The molecule has 1 saturated heterocycles. The number of anilines is 3. The first-order valence-electron chi connectivity index (χ1n) is 22.9. The first-order chi connectivity index (χ1) is 34.5. The molecule has 0 radical (unpaired) electrons. The van der Waals surface area contributed by atoms with E-state index in [1.165, 1.54) is 23.1 Å². The number of aromatic nitrogens is 2. The van der Waals surface area contributed by atoms with E-state index in [0.717, 1.165) is 0 Å². The number of nitrogens with zero attached hydrogens (tertiary/aromatic N) is 4. The number of carbonyl (C=O) groups excluding carboxylic acids is 5. The zero-order valence-electron chi connectivity index (χ0n) is 38.4. The van der Waals surface area contributed by atoms with Gasteiger partial charge in [0, 0.05) is 88.6 Å². The van der Waals surface area contributed by atoms with Crippen molar-refractivity contribution in [3.8, 4) is 11.3 Å². The summed E-state index contributed by atoms with van der Waals surface area (Å²) in [7, 11) is 0. The van der Waals surface area contributed by atoms with Crippen molar-refractivity contribution in [1.29, 1.82) is 0 Å². The molecule has 5 amide bonds. The van der Waals surface area contributed by atoms with Gasteiger partial charge >= 0.3 is 0 Å². The molecule has 4 heterocycles. The highest BCUT2D eigenvalue weighted by atomic mass is 35.5. The summed E-state index contributed by atoms with van der Waals surface area (Å²) in [5, 5.41) is 14.6. The van der Waals surface area contributed by atoms with Gasteiger partial charge in [-0.1, -0.05) is 29.8 Å². The Hall–Kier alpha value is -7.07. The minimum absolute atomic E-state index is 0.0869. The van der Waals surface area contributed by atoms with Gasteiger partial charge in [0.1, 0.15) is 24.3 Å². The number of ether oxygens (including phenoxy) is 4. The fourth-order valence-corrected chi connectivity index (χ4v) is 8.28. The Morgan fingerprint density at radius 2 is 1.51 bits per heavy atom. The van der Waals surface area contributed by atoms with E-state index in [1.54, 1.807) is 66.9 Å². The van der Waals surface area contributed by atoms with Crippen molar-refractivity contribution >= 4 is 64.2 Å². The third-order valence-corrected chi connectivity index (χ3v) is 11.8. The smallest absolute Gasteiger partial charge is 0.255 e. The normalized spacial score (nSPS) is 15.0. The van der Waals surface area contributed by atoms with E-state index in [2.05, 4.69) is 36.6 Å². The molecular formula is C50H50ClF2N9O9. The highest BCUT2D eigenvalue weighted by Crippen LogP contribution is 2.35. The fourth-order valence-electron chi connectivity index (χ4n) is 8.10. The number of piperidine rings is 1. The van der Waals surface area contributed by atoms with Crippen LogP contribution in [0.4, 0.5) is 26.1 Å². The molecule has 370 valence electrons. The summed E-state index contributed by atoms with van der Waals surface area (Å²) in [5.41, 5.74) is 4.67. The van der Waals surface area contributed by atoms with Crippen LogP contribution in [0.25, 0.3) is 11.3 Å². The third kappa shape index (κ3) is 12.8. The molecule has 0 saturated carbocycles. The number of fused-ring (bicyclic) bond motifs is 4. The topological polar surface area (TPSA) is 224 Å². The Labute approximate surface area is 411 Å². The number of halogens is 3. The molecule has 4 aromatic carbocycles. The van der Waals surface area contributed by atoms with Gasteiger partial charge in [-0.05, 0) is 67.1 Å². The van der Waals surface area contributed by atoms with Crippen LogP contribution in [0.15, 0.2) is 90.1 Å². The van der Waals surface area contributed by atoms with Gasteiger partial charge in [-0.15, -0.1) is 0 Å². The molecule has 21 heteroatoms. The molecule has 8 rings (SSSR count). The van der Waals surface area contributed by atoms with Gasteiger partial charge in [-0.2, -0.15) is 0 Å². The molecule has 3 aliphatic rings. The van der Waals surface area contributed by atoms with Gasteiger partial charge in [-0.3, -0.25) is 34.3 Å². The molecule has 0 bridgehead atoms. The van der Waals surface area contributed by atoms with Crippen molar-refractivity contribution in [2.75, 3.05) is 83.1 Å². The minimum Gasteiger partial charge on any atom is -0.378 e. The first kappa shape index (κ1) is 50.3. The molecule has 1 unspecified atom stereocenters. The average molecular weight is 994 g/mol. The van der Waals surface area contributed by atoms with E-state index in [-0.39, 0.29) is 80.0 Å². The largest absolute Gasteiger partial charge is 0.378 e. The van der Waals surface area contributed by atoms with Gasteiger partial charge in [0.25, 0.3) is 11.8 Å². The lowest BCUT2D eigenvalue weighted by Crippen LogP contribution is -2.52. The third-order valence-electron chi connectivity index (χ3n) is 11.6. The molecule has 5 N–H and O–H groups in total. The monoisotopic (exact) mass is 993 g/mol. The lowest BCUT2D eigenvalue weighted by Gasteiger charge is -2.29. The summed E-state index contributed by atoms with van der Waals surface area (Å²) in [6.07, 6.45) is 2.02. The Balaban J connectivity index is 0.644. The second-order valence-corrected chi connectivity index (χ2v) is 16.8. The summed E-state index contributed by atoms with van der Waals surface area (Å²) < 4.78 is 52.0. The number of carbonyl (C=O) groups is 5. The summed E-state index contributed by atoms with van der Waals surface area (Å²) in [6.45, 7) is 3.92. The maximum Gasteiger partial charge on any atom is 0.255 e. The van der Waals surface area contributed by atoms with Gasteiger partial charge in [0.2, 0.25) is 23.7 Å². The highest BCUT2D eigenvalue weighted by molar-refractivity contribution is 6.31. The number of aliphatic imine (C=N–C) groups is 1. The second-order valence-electron chi connectivity index (χ2n) is 16.4. The van der Waals surface area contributed by atoms with Crippen LogP contribution in [0.5, 0.6) is 0 Å². The van der Waals surface area contributed by atoms with Crippen molar-refractivity contribution < 1.29 is 51.7 Å². The lowest BCUT2D eigenvalue weighted by molar-refractivity contribution is -0.137. The maximum absolute atomic E-state index is 14.9. The highest BCUT2D eigenvalue weighted by Gasteiger charge is 2.40. The second kappa shape index (κ2) is 24.2. The van der Waals surface area contributed by atoms with Crippen LogP contribution >= 0.6 is 11.6 Å². The lowest BCUT2D eigenvalue weighted by atomic mass is 9.95. The minimum atomic E-state index is -0.744. The number of benzene rings is 4. The van der Waals surface area contributed by atoms with Gasteiger partial charge in [-0.25, -0.2) is 18.7 Å². The van der Waals surface area contributed by atoms with Crippen LogP contribution in [0.3, 0.4) is 0 Å². The van der Waals surface area contributed by atoms with E-state index in [9.17, 15) is 32.8 Å². The Kier molecular flexibility index (Phi) is 17.1. The molecular weight excluding hydrogens is 944 g/mol. The summed E-state index contributed by atoms with van der Waals surface area (Å²) in [6, 6.07) is 19.7. The molecule has 1 fully saturated rings. The van der Waals surface area contributed by atoms with E-state index >= 15 is 0 Å². The van der Waals surface area contributed by atoms with Crippen LogP contribution in [0, 0.1) is 11.6 Å². The predicted molar refractivity (Wildman–Crippen MR) is 257 cm³/mol. The van der Waals surface area contributed by atoms with Gasteiger partial charge in [0.15, 0.2) is 0 Å². The summed E-state index contributed by atoms with van der Waals surface area (Å²) in [5.74, 6) is -3.04. The van der Waals surface area contributed by atoms with E-state index in [4.69, 9.17) is 35.5 Å². The number of hydrogen-bond acceptors (Lipinski definition) is 14. The SMILES string of the molecule is O=C1CCC(N2Cc3c(NC(=O)COCCNCCOCCOCCOCCNC(=O)c4ccc(Nc5ncc6c(n5)-c5ccc(Cl)cc5C(c5c(F)cccc5F)=NC6)cc4)cccc3C2=O)C(=O)N1. The van der Waals surface area contributed by atoms with E-state index in [1.807, 2.05) is 0 Å². The number of rotatable bonds is 23. The molecule has 0 spiro atoms. The molecule has 1 aromatic heterocycles. The Morgan fingerprint density at radius 3 is 2.25 bits per heavy atom. The number of amides is 5.